The fourth-order valence-corrected chi connectivity index (χ4v) is 1.32. The topological polar surface area (TPSA) is 34.0 Å². The van der Waals surface area contributed by atoms with E-state index in [9.17, 15) is 0 Å². The average Bonchev–Trinajstić information content (AvgIpc) is 2.80. The van der Waals surface area contributed by atoms with Crippen molar-refractivity contribution in [3.63, 3.8) is 0 Å². The third-order valence-corrected chi connectivity index (χ3v) is 2.37. The van der Waals surface area contributed by atoms with E-state index in [4.69, 9.17) is 0 Å². The molecule has 1 aliphatic rings. The molecule has 1 saturated carbocycles. The first-order valence-electron chi connectivity index (χ1n) is 4.30. The van der Waals surface area contributed by atoms with Crippen LogP contribution in [0.5, 0.6) is 0 Å². The number of hydrogen-bond donors (Lipinski definition) is 0. The number of nitrogens with zero attached hydrogens (tertiary/aromatic N) is 4. The molecule has 0 saturated heterocycles. The molecule has 4 heteroatoms. The lowest BCUT2D eigenvalue weighted by atomic mass is 10.5. The van der Waals surface area contributed by atoms with Crippen molar-refractivity contribution >= 4 is 0 Å². The van der Waals surface area contributed by atoms with Crippen LogP contribution in [0.2, 0.25) is 0 Å². The van der Waals surface area contributed by atoms with E-state index in [1.807, 2.05) is 11.6 Å². The predicted molar refractivity (Wildman–Crippen MR) is 45.5 cm³/mol. The van der Waals surface area contributed by atoms with Gasteiger partial charge < -0.3 is 4.57 Å². The Balaban J connectivity index is 1.97. The van der Waals surface area contributed by atoms with Crippen LogP contribution in [-0.2, 0) is 13.6 Å². The van der Waals surface area contributed by atoms with Crippen LogP contribution in [-0.4, -0.2) is 32.8 Å². The van der Waals surface area contributed by atoms with Crippen LogP contribution < -0.4 is 0 Å². The number of rotatable bonds is 3. The van der Waals surface area contributed by atoms with Gasteiger partial charge in [-0.15, -0.1) is 10.2 Å². The normalized spacial score (nSPS) is 17.2. The first-order valence-corrected chi connectivity index (χ1v) is 4.30. The minimum atomic E-state index is 0.793. The van der Waals surface area contributed by atoms with Gasteiger partial charge in [0.2, 0.25) is 0 Å². The number of aromatic nitrogens is 3. The van der Waals surface area contributed by atoms with Gasteiger partial charge in [0.05, 0.1) is 6.54 Å². The van der Waals surface area contributed by atoms with E-state index in [2.05, 4.69) is 22.1 Å². The highest BCUT2D eigenvalue weighted by Gasteiger charge is 2.26. The van der Waals surface area contributed by atoms with Gasteiger partial charge in [-0.3, -0.25) is 4.90 Å². The first kappa shape index (κ1) is 7.73. The largest absolute Gasteiger partial charge is 0.320 e. The zero-order valence-corrected chi connectivity index (χ0v) is 7.56. The van der Waals surface area contributed by atoms with Crippen molar-refractivity contribution in [1.29, 1.82) is 0 Å². The molecular formula is C8H14N4. The summed E-state index contributed by atoms with van der Waals surface area (Å²) in [5, 5.41) is 7.88. The highest BCUT2D eigenvalue weighted by molar-refractivity contribution is 4.89. The summed E-state index contributed by atoms with van der Waals surface area (Å²) in [5.41, 5.74) is 0. The fourth-order valence-electron chi connectivity index (χ4n) is 1.32. The fraction of sp³-hybridized carbons (Fsp3) is 0.750. The van der Waals surface area contributed by atoms with E-state index in [1.165, 1.54) is 12.8 Å². The van der Waals surface area contributed by atoms with E-state index < -0.39 is 0 Å². The highest BCUT2D eigenvalue weighted by Crippen LogP contribution is 2.26. The van der Waals surface area contributed by atoms with Crippen molar-refractivity contribution in [2.24, 2.45) is 7.05 Å². The molecule has 2 rings (SSSR count). The molecule has 1 aromatic heterocycles. The standard InChI is InChI=1S/C8H14N4/c1-11(7-3-4-7)5-8-10-9-6-12(8)2/h6-7H,3-5H2,1-2H3. The highest BCUT2D eigenvalue weighted by atomic mass is 15.3. The van der Waals surface area contributed by atoms with Crippen LogP contribution in [0.25, 0.3) is 0 Å². The third-order valence-electron chi connectivity index (χ3n) is 2.37. The molecule has 0 radical (unpaired) electrons. The second kappa shape index (κ2) is 2.86. The van der Waals surface area contributed by atoms with Crippen molar-refractivity contribution in [2.75, 3.05) is 7.05 Å². The number of aryl methyl sites for hydroxylation is 1. The Morgan fingerprint density at radius 3 is 2.92 bits per heavy atom. The Bertz CT molecular complexity index is 264. The van der Waals surface area contributed by atoms with E-state index >= 15 is 0 Å². The molecule has 1 aromatic rings. The first-order chi connectivity index (χ1) is 5.77. The summed E-state index contributed by atoms with van der Waals surface area (Å²) in [6.45, 7) is 0.918. The van der Waals surface area contributed by atoms with Gasteiger partial charge in [-0.05, 0) is 19.9 Å². The molecule has 1 heterocycles. The van der Waals surface area contributed by atoms with Crippen LogP contribution in [0.3, 0.4) is 0 Å². The second-order valence-corrected chi connectivity index (χ2v) is 3.50. The molecule has 1 fully saturated rings. The maximum absolute atomic E-state index is 4.04. The molecular weight excluding hydrogens is 152 g/mol. The van der Waals surface area contributed by atoms with Crippen molar-refractivity contribution in [2.45, 2.75) is 25.4 Å². The molecule has 0 unspecified atom stereocenters. The molecule has 12 heavy (non-hydrogen) atoms. The molecule has 0 spiro atoms. The van der Waals surface area contributed by atoms with E-state index in [0.29, 0.717) is 0 Å². The molecule has 0 bridgehead atoms. The molecule has 0 aromatic carbocycles. The van der Waals surface area contributed by atoms with Crippen LogP contribution in [0.15, 0.2) is 6.33 Å². The lowest BCUT2D eigenvalue weighted by Gasteiger charge is -2.13. The van der Waals surface area contributed by atoms with Gasteiger partial charge in [0.15, 0.2) is 0 Å². The van der Waals surface area contributed by atoms with Gasteiger partial charge in [0.25, 0.3) is 0 Å². The maximum Gasteiger partial charge on any atom is 0.146 e. The lowest BCUT2D eigenvalue weighted by Crippen LogP contribution is -2.21. The minimum Gasteiger partial charge on any atom is -0.320 e. The van der Waals surface area contributed by atoms with Gasteiger partial charge in [0, 0.05) is 13.1 Å². The Kier molecular flexibility index (Phi) is 1.84. The van der Waals surface area contributed by atoms with Crippen LogP contribution in [0.1, 0.15) is 18.7 Å². The maximum atomic E-state index is 4.04. The predicted octanol–water partition coefficient (Wildman–Crippen LogP) is 0.409. The Hall–Kier alpha value is -0.900. The quantitative estimate of drug-likeness (QED) is 0.652. The molecule has 0 N–H and O–H groups in total. The van der Waals surface area contributed by atoms with Gasteiger partial charge >= 0.3 is 0 Å². The van der Waals surface area contributed by atoms with Gasteiger partial charge in [0.1, 0.15) is 12.2 Å². The Morgan fingerprint density at radius 1 is 1.67 bits per heavy atom. The second-order valence-electron chi connectivity index (χ2n) is 3.50. The molecule has 66 valence electrons. The van der Waals surface area contributed by atoms with Crippen LogP contribution >= 0.6 is 0 Å². The molecule has 0 aliphatic heterocycles. The van der Waals surface area contributed by atoms with Crippen molar-refractivity contribution in [3.05, 3.63) is 12.2 Å². The van der Waals surface area contributed by atoms with E-state index in [-0.39, 0.29) is 0 Å². The summed E-state index contributed by atoms with van der Waals surface area (Å²) >= 11 is 0. The van der Waals surface area contributed by atoms with Gasteiger partial charge in [-0.25, -0.2) is 0 Å². The molecule has 0 atom stereocenters. The minimum absolute atomic E-state index is 0.793. The third kappa shape index (κ3) is 1.48. The monoisotopic (exact) mass is 166 g/mol. The average molecular weight is 166 g/mol. The molecule has 4 nitrogen and oxygen atoms in total. The van der Waals surface area contributed by atoms with Crippen molar-refractivity contribution < 1.29 is 0 Å². The van der Waals surface area contributed by atoms with Crippen LogP contribution in [0, 0.1) is 0 Å². The molecule has 0 amide bonds. The smallest absolute Gasteiger partial charge is 0.146 e. The summed E-state index contributed by atoms with van der Waals surface area (Å²) in [4.78, 5) is 2.34. The Labute approximate surface area is 72.2 Å². The summed E-state index contributed by atoms with van der Waals surface area (Å²) in [5.74, 6) is 1.05. The van der Waals surface area contributed by atoms with E-state index in [0.717, 1.165) is 18.4 Å². The van der Waals surface area contributed by atoms with E-state index in [1.54, 1.807) is 6.33 Å². The van der Waals surface area contributed by atoms with Crippen molar-refractivity contribution in [1.82, 2.24) is 19.7 Å². The van der Waals surface area contributed by atoms with Gasteiger partial charge in [-0.1, -0.05) is 0 Å². The lowest BCUT2D eigenvalue weighted by molar-refractivity contribution is 0.304. The van der Waals surface area contributed by atoms with Gasteiger partial charge in [-0.2, -0.15) is 0 Å². The SMILES string of the molecule is CN(Cc1nncn1C)C1CC1. The Morgan fingerprint density at radius 2 is 2.42 bits per heavy atom. The zero-order chi connectivity index (χ0) is 8.55. The molecule has 1 aliphatic carbocycles. The summed E-state index contributed by atoms with van der Waals surface area (Å²) in [6, 6.07) is 0.793. The van der Waals surface area contributed by atoms with Crippen molar-refractivity contribution in [3.8, 4) is 0 Å². The summed E-state index contributed by atoms with van der Waals surface area (Å²) < 4.78 is 1.97. The summed E-state index contributed by atoms with van der Waals surface area (Å²) in [7, 11) is 4.13. The summed E-state index contributed by atoms with van der Waals surface area (Å²) in [6.07, 6.45) is 4.43. The zero-order valence-electron chi connectivity index (χ0n) is 7.56. The number of hydrogen-bond acceptors (Lipinski definition) is 3. The van der Waals surface area contributed by atoms with Crippen LogP contribution in [0.4, 0.5) is 0 Å².